The van der Waals surface area contributed by atoms with Crippen LogP contribution in [0.2, 0.25) is 0 Å². The van der Waals surface area contributed by atoms with Crippen molar-refractivity contribution in [3.8, 4) is 5.75 Å². The number of halogens is 1. The molecule has 0 aliphatic carbocycles. The van der Waals surface area contributed by atoms with E-state index < -0.39 is 18.2 Å². The molecule has 1 saturated heterocycles. The summed E-state index contributed by atoms with van der Waals surface area (Å²) in [7, 11) is 0. The highest BCUT2D eigenvalue weighted by Crippen LogP contribution is 2.31. The highest BCUT2D eigenvalue weighted by Gasteiger charge is 2.20. The molecule has 1 aliphatic rings. The number of ether oxygens (including phenoxy) is 2. The molecule has 8 heteroatoms. The van der Waals surface area contributed by atoms with Crippen LogP contribution in [0.15, 0.2) is 42.6 Å². The van der Waals surface area contributed by atoms with Gasteiger partial charge in [0.25, 0.3) is 0 Å². The van der Waals surface area contributed by atoms with Crippen LogP contribution in [0.25, 0.3) is 11.0 Å². The van der Waals surface area contributed by atoms with Crippen molar-refractivity contribution in [1.82, 2.24) is 9.97 Å². The molecule has 1 atom stereocenters. The van der Waals surface area contributed by atoms with Crippen LogP contribution >= 0.6 is 0 Å². The number of aliphatic hydroxyl groups is 2. The molecule has 1 aromatic heterocycles. The first-order chi connectivity index (χ1) is 14.0. The topological polar surface area (TPSA) is 87.9 Å². The van der Waals surface area contributed by atoms with E-state index in [1.807, 2.05) is 0 Å². The van der Waals surface area contributed by atoms with E-state index in [1.165, 1.54) is 12.1 Å². The molecule has 0 saturated carbocycles. The van der Waals surface area contributed by atoms with Crippen molar-refractivity contribution in [3.05, 3.63) is 59.5 Å². The number of aliphatic hydroxyl groups excluding tert-OH is 1. The Morgan fingerprint density at radius 1 is 1.17 bits per heavy atom. The summed E-state index contributed by atoms with van der Waals surface area (Å²) >= 11 is 0. The molecule has 1 aliphatic heterocycles. The van der Waals surface area contributed by atoms with Gasteiger partial charge in [-0.25, -0.2) is 9.37 Å². The molecule has 3 aromatic rings. The van der Waals surface area contributed by atoms with Gasteiger partial charge in [0, 0.05) is 30.3 Å². The van der Waals surface area contributed by atoms with Crippen molar-refractivity contribution < 1.29 is 24.1 Å². The molecule has 1 fully saturated rings. The predicted octanol–water partition coefficient (Wildman–Crippen LogP) is 2.73. The molecule has 2 N–H and O–H groups in total. The Balaban J connectivity index is 1.75. The molecular formula is C21H22FN3O4. The maximum atomic E-state index is 13.5. The molecule has 0 bridgehead atoms. The number of nitrogens with zero attached hydrogens (tertiary/aromatic N) is 3. The summed E-state index contributed by atoms with van der Waals surface area (Å²) in [4.78, 5) is 11.3. The summed E-state index contributed by atoms with van der Waals surface area (Å²) in [6.07, 6.45) is -0.504. The summed E-state index contributed by atoms with van der Waals surface area (Å²) in [5.41, 5.74) is 2.05. The third kappa shape index (κ3) is 4.29. The molecule has 29 heavy (non-hydrogen) atoms. The Bertz CT molecular complexity index is 1010. The van der Waals surface area contributed by atoms with Crippen LogP contribution in [0.3, 0.4) is 0 Å². The van der Waals surface area contributed by atoms with Crippen LogP contribution in [0.1, 0.15) is 30.4 Å². The van der Waals surface area contributed by atoms with Gasteiger partial charge in [-0.1, -0.05) is 6.07 Å². The highest BCUT2D eigenvalue weighted by molar-refractivity contribution is 5.81. The smallest absolute Gasteiger partial charge is 0.178 e. The van der Waals surface area contributed by atoms with Gasteiger partial charge in [-0.15, -0.1) is 0 Å². The lowest BCUT2D eigenvalue weighted by molar-refractivity contribution is -0.0425. The van der Waals surface area contributed by atoms with Gasteiger partial charge in [0.1, 0.15) is 23.5 Å². The second-order valence-electron chi connectivity index (χ2n) is 6.90. The number of anilines is 1. The first kappa shape index (κ1) is 19.5. The Kier molecular flexibility index (Phi) is 5.57. The van der Waals surface area contributed by atoms with Crippen LogP contribution in [0.5, 0.6) is 5.75 Å². The average molecular weight is 399 g/mol. The van der Waals surface area contributed by atoms with Gasteiger partial charge in [-0.05, 0) is 31.2 Å². The van der Waals surface area contributed by atoms with Gasteiger partial charge in [-0.2, -0.15) is 0 Å². The van der Waals surface area contributed by atoms with Gasteiger partial charge in [0.05, 0.1) is 30.4 Å². The van der Waals surface area contributed by atoms with Crippen LogP contribution in [0.4, 0.5) is 10.2 Å². The summed E-state index contributed by atoms with van der Waals surface area (Å²) in [5.74, 6) is 0.698. The summed E-state index contributed by atoms with van der Waals surface area (Å²) in [6, 6.07) is 9.10. The Labute approximate surface area is 167 Å². The molecule has 0 radical (unpaired) electrons. The quantitative estimate of drug-likeness (QED) is 0.638. The predicted molar refractivity (Wildman–Crippen MR) is 105 cm³/mol. The maximum absolute atomic E-state index is 13.5. The van der Waals surface area contributed by atoms with Crippen LogP contribution in [-0.2, 0) is 4.74 Å². The lowest BCUT2D eigenvalue weighted by atomic mass is 10.0. The number of rotatable bonds is 5. The number of aromatic nitrogens is 2. The number of hydrogen-bond donors (Lipinski definition) is 2. The van der Waals surface area contributed by atoms with Crippen molar-refractivity contribution >= 4 is 16.9 Å². The van der Waals surface area contributed by atoms with E-state index in [1.54, 1.807) is 37.4 Å². The van der Waals surface area contributed by atoms with E-state index in [0.717, 1.165) is 18.9 Å². The lowest BCUT2D eigenvalue weighted by Crippen LogP contribution is -2.36. The SMILES string of the molecule is CC(Oc1cccc(F)c1)c1cc(C(O)O)cc2ncc(N3CCOCC3)nc12. The largest absolute Gasteiger partial charge is 0.486 e. The lowest BCUT2D eigenvalue weighted by Gasteiger charge is -2.28. The van der Waals surface area contributed by atoms with Crippen molar-refractivity contribution in [2.75, 3.05) is 31.2 Å². The van der Waals surface area contributed by atoms with Gasteiger partial charge in [-0.3, -0.25) is 4.98 Å². The summed E-state index contributed by atoms with van der Waals surface area (Å²) in [6.45, 7) is 4.50. The minimum Gasteiger partial charge on any atom is -0.486 e. The molecular weight excluding hydrogens is 377 g/mol. The van der Waals surface area contributed by atoms with Crippen LogP contribution in [0, 0.1) is 5.82 Å². The highest BCUT2D eigenvalue weighted by atomic mass is 19.1. The van der Waals surface area contributed by atoms with Crippen molar-refractivity contribution in [2.24, 2.45) is 0 Å². The van der Waals surface area contributed by atoms with E-state index in [0.29, 0.717) is 35.6 Å². The fourth-order valence-corrected chi connectivity index (χ4v) is 3.37. The molecule has 7 nitrogen and oxygen atoms in total. The molecule has 0 amide bonds. The summed E-state index contributed by atoms with van der Waals surface area (Å²) in [5, 5.41) is 19.3. The van der Waals surface area contributed by atoms with Gasteiger partial charge in [0.2, 0.25) is 0 Å². The third-order valence-corrected chi connectivity index (χ3v) is 4.87. The second kappa shape index (κ2) is 8.28. The minimum atomic E-state index is -1.65. The van der Waals surface area contributed by atoms with Crippen LogP contribution < -0.4 is 9.64 Å². The van der Waals surface area contributed by atoms with E-state index in [2.05, 4.69) is 9.88 Å². The van der Waals surface area contributed by atoms with E-state index in [4.69, 9.17) is 14.5 Å². The average Bonchev–Trinajstić information content (AvgIpc) is 2.73. The van der Waals surface area contributed by atoms with Crippen molar-refractivity contribution in [3.63, 3.8) is 0 Å². The first-order valence-corrected chi connectivity index (χ1v) is 9.43. The fraction of sp³-hybridized carbons (Fsp3) is 0.333. The molecule has 2 aromatic carbocycles. The number of benzene rings is 2. The number of morpholine rings is 1. The van der Waals surface area contributed by atoms with Crippen molar-refractivity contribution in [2.45, 2.75) is 19.3 Å². The number of fused-ring (bicyclic) bond motifs is 1. The monoisotopic (exact) mass is 399 g/mol. The molecule has 4 rings (SSSR count). The summed E-state index contributed by atoms with van der Waals surface area (Å²) < 4.78 is 24.8. The Hall–Kier alpha value is -2.81. The maximum Gasteiger partial charge on any atom is 0.178 e. The zero-order chi connectivity index (χ0) is 20.4. The van der Waals surface area contributed by atoms with Crippen LogP contribution in [-0.4, -0.2) is 46.5 Å². The molecule has 0 spiro atoms. The van der Waals surface area contributed by atoms with E-state index in [-0.39, 0.29) is 5.56 Å². The van der Waals surface area contributed by atoms with Gasteiger partial charge >= 0.3 is 0 Å². The zero-order valence-electron chi connectivity index (χ0n) is 16.0. The van der Waals surface area contributed by atoms with Gasteiger partial charge < -0.3 is 24.6 Å². The molecule has 2 heterocycles. The van der Waals surface area contributed by atoms with Crippen molar-refractivity contribution in [1.29, 1.82) is 0 Å². The molecule has 152 valence electrons. The number of hydrogen-bond acceptors (Lipinski definition) is 7. The standard InChI is InChI=1S/C21H22FN3O4/c1-13(29-16-4-2-3-15(22)11-16)17-9-14(21(26)27)10-18-20(17)24-19(12-23-18)25-5-7-28-8-6-25/h2-4,9-13,21,26-27H,5-8H2,1H3. The van der Waals surface area contributed by atoms with E-state index >= 15 is 0 Å². The third-order valence-electron chi connectivity index (χ3n) is 4.87. The molecule has 1 unspecified atom stereocenters. The Morgan fingerprint density at radius 3 is 2.69 bits per heavy atom. The van der Waals surface area contributed by atoms with E-state index in [9.17, 15) is 14.6 Å². The first-order valence-electron chi connectivity index (χ1n) is 9.43. The second-order valence-corrected chi connectivity index (χ2v) is 6.90. The zero-order valence-corrected chi connectivity index (χ0v) is 16.0. The fourth-order valence-electron chi connectivity index (χ4n) is 3.37. The minimum absolute atomic E-state index is 0.288. The normalized spacial score (nSPS) is 15.7. The van der Waals surface area contributed by atoms with Gasteiger partial charge in [0.15, 0.2) is 6.29 Å². The Morgan fingerprint density at radius 2 is 1.97 bits per heavy atom.